The summed E-state index contributed by atoms with van der Waals surface area (Å²) < 4.78 is 2.07. The smallest absolute Gasteiger partial charge is 0.161 e. The third-order valence-electron chi connectivity index (χ3n) is 1.17. The number of imidazole rings is 1. The maximum absolute atomic E-state index is 4.26. The molecular formula is C7H14N2SSi. The van der Waals surface area contributed by atoms with Gasteiger partial charge in [0.05, 0.1) is 0 Å². The fourth-order valence-electron chi connectivity index (χ4n) is 0.724. The Kier molecular flexibility index (Phi) is 2.44. The van der Waals surface area contributed by atoms with Crippen molar-refractivity contribution in [1.82, 2.24) is 9.55 Å². The Morgan fingerprint density at radius 2 is 2.09 bits per heavy atom. The van der Waals surface area contributed by atoms with Crippen molar-refractivity contribution < 1.29 is 0 Å². The van der Waals surface area contributed by atoms with E-state index in [2.05, 4.69) is 29.2 Å². The van der Waals surface area contributed by atoms with E-state index in [-0.39, 0.29) is 0 Å². The van der Waals surface area contributed by atoms with Crippen molar-refractivity contribution in [3.63, 3.8) is 0 Å². The molecule has 0 aliphatic carbocycles. The van der Waals surface area contributed by atoms with Crippen LogP contribution in [0.1, 0.15) is 0 Å². The number of rotatable bonds is 2. The highest BCUT2D eigenvalue weighted by Gasteiger charge is 2.17. The second-order valence-corrected chi connectivity index (χ2v) is 12.6. The molecule has 0 fully saturated rings. The molecule has 2 nitrogen and oxygen atoms in total. The lowest BCUT2D eigenvalue weighted by atomic mass is 10.9. The summed E-state index contributed by atoms with van der Waals surface area (Å²) in [4.78, 5) is 4.26. The summed E-state index contributed by atoms with van der Waals surface area (Å²) in [6, 6.07) is 0. The van der Waals surface area contributed by atoms with E-state index in [9.17, 15) is 0 Å². The van der Waals surface area contributed by atoms with E-state index in [0.717, 1.165) is 5.16 Å². The summed E-state index contributed by atoms with van der Waals surface area (Å²) in [5.74, 6) is 0. The highest BCUT2D eigenvalue weighted by atomic mass is 32.4. The highest BCUT2D eigenvalue weighted by molar-refractivity contribution is 8.28. The van der Waals surface area contributed by atoms with Crippen LogP contribution in [-0.2, 0) is 7.05 Å². The number of hydrogen-bond acceptors (Lipinski definition) is 2. The van der Waals surface area contributed by atoms with Crippen molar-refractivity contribution in [3.8, 4) is 0 Å². The summed E-state index contributed by atoms with van der Waals surface area (Å²) in [7, 11) is 0.977. The molecular weight excluding hydrogens is 172 g/mol. The van der Waals surface area contributed by atoms with Crippen LogP contribution in [0, 0.1) is 0 Å². The first-order chi connectivity index (χ1) is 4.99. The van der Waals surface area contributed by atoms with Gasteiger partial charge in [0.15, 0.2) is 5.16 Å². The predicted molar refractivity (Wildman–Crippen MR) is 52.4 cm³/mol. The molecule has 0 spiro atoms. The Morgan fingerprint density at radius 1 is 1.45 bits per heavy atom. The minimum atomic E-state index is -1.06. The molecule has 0 amide bonds. The molecule has 0 N–H and O–H groups in total. The fraction of sp³-hybridized carbons (Fsp3) is 0.571. The normalized spacial score (nSPS) is 12.0. The van der Waals surface area contributed by atoms with Gasteiger partial charge in [-0.2, -0.15) is 0 Å². The lowest BCUT2D eigenvalue weighted by Crippen LogP contribution is -2.14. The van der Waals surface area contributed by atoms with Gasteiger partial charge in [0, 0.05) is 19.4 Å². The molecule has 0 aliphatic heterocycles. The summed E-state index contributed by atoms with van der Waals surface area (Å²) in [5, 5.41) is 1.14. The molecule has 0 saturated carbocycles. The van der Waals surface area contributed by atoms with Gasteiger partial charge in [-0.15, -0.1) is 11.2 Å². The first-order valence-electron chi connectivity index (χ1n) is 3.65. The van der Waals surface area contributed by atoms with Crippen LogP contribution < -0.4 is 0 Å². The van der Waals surface area contributed by atoms with Gasteiger partial charge < -0.3 is 4.57 Å². The fourth-order valence-corrected chi connectivity index (χ4v) is 3.82. The lowest BCUT2D eigenvalue weighted by Gasteiger charge is -2.13. The molecule has 62 valence electrons. The van der Waals surface area contributed by atoms with Crippen molar-refractivity contribution in [3.05, 3.63) is 12.4 Å². The molecule has 1 aromatic rings. The van der Waals surface area contributed by atoms with Gasteiger partial charge in [0.2, 0.25) is 0 Å². The average Bonchev–Trinajstić information content (AvgIpc) is 2.12. The van der Waals surface area contributed by atoms with Crippen LogP contribution in [0.25, 0.3) is 0 Å². The van der Waals surface area contributed by atoms with Crippen molar-refractivity contribution in [1.29, 1.82) is 0 Å². The van der Waals surface area contributed by atoms with Crippen LogP contribution in [0.2, 0.25) is 19.6 Å². The Labute approximate surface area is 72.7 Å². The molecule has 0 radical (unpaired) electrons. The maximum atomic E-state index is 4.26. The molecule has 1 aromatic heterocycles. The van der Waals surface area contributed by atoms with Gasteiger partial charge in [0.1, 0.15) is 7.22 Å². The number of nitrogens with zero attached hydrogens (tertiary/aromatic N) is 2. The van der Waals surface area contributed by atoms with Crippen LogP contribution >= 0.6 is 11.2 Å². The minimum Gasteiger partial charge on any atom is -0.330 e. The summed E-state index contributed by atoms with van der Waals surface area (Å²) in [6.07, 6.45) is 3.84. The van der Waals surface area contributed by atoms with Crippen LogP contribution in [0.3, 0.4) is 0 Å². The van der Waals surface area contributed by atoms with Gasteiger partial charge >= 0.3 is 0 Å². The Hall–Kier alpha value is -0.223. The van der Waals surface area contributed by atoms with Crippen molar-refractivity contribution in [2.75, 3.05) is 0 Å². The third-order valence-corrected chi connectivity index (χ3v) is 4.75. The zero-order valence-electron chi connectivity index (χ0n) is 7.46. The Morgan fingerprint density at radius 3 is 2.45 bits per heavy atom. The van der Waals surface area contributed by atoms with Crippen LogP contribution in [-0.4, -0.2) is 16.8 Å². The maximum Gasteiger partial charge on any atom is 0.161 e. The zero-order valence-corrected chi connectivity index (χ0v) is 9.27. The van der Waals surface area contributed by atoms with E-state index in [1.54, 1.807) is 0 Å². The molecule has 0 atom stereocenters. The van der Waals surface area contributed by atoms with Crippen LogP contribution in [0.15, 0.2) is 17.6 Å². The molecule has 0 aliphatic rings. The minimum absolute atomic E-state index is 1.06. The summed E-state index contributed by atoms with van der Waals surface area (Å²) >= 11 is 1.92. The monoisotopic (exact) mass is 186 g/mol. The SMILES string of the molecule is Cn1ccnc1S[Si](C)(C)C. The van der Waals surface area contributed by atoms with Crippen molar-refractivity contribution >= 4 is 18.4 Å². The molecule has 0 unspecified atom stereocenters. The lowest BCUT2D eigenvalue weighted by molar-refractivity contribution is 0.793. The first kappa shape index (κ1) is 8.87. The van der Waals surface area contributed by atoms with Crippen LogP contribution in [0.5, 0.6) is 0 Å². The number of hydrogen-bond donors (Lipinski definition) is 0. The zero-order chi connectivity index (χ0) is 8.48. The molecule has 0 saturated heterocycles. The predicted octanol–water partition coefficient (Wildman–Crippen LogP) is 2.35. The van der Waals surface area contributed by atoms with E-state index in [1.807, 2.05) is 30.7 Å². The van der Waals surface area contributed by atoms with Gasteiger partial charge in [-0.05, 0) is 0 Å². The van der Waals surface area contributed by atoms with E-state index in [1.165, 1.54) is 0 Å². The number of aryl methyl sites for hydroxylation is 1. The highest BCUT2D eigenvalue weighted by Crippen LogP contribution is 2.26. The van der Waals surface area contributed by atoms with E-state index < -0.39 is 7.22 Å². The molecule has 1 rings (SSSR count). The Balaban J connectivity index is 2.72. The first-order valence-corrected chi connectivity index (χ1v) is 8.69. The van der Waals surface area contributed by atoms with Gasteiger partial charge in [-0.3, -0.25) is 0 Å². The second kappa shape index (κ2) is 3.03. The molecule has 1 heterocycles. The molecule has 4 heteroatoms. The van der Waals surface area contributed by atoms with Crippen LogP contribution in [0.4, 0.5) is 0 Å². The molecule has 0 aromatic carbocycles. The van der Waals surface area contributed by atoms with Crippen molar-refractivity contribution in [2.45, 2.75) is 24.8 Å². The number of aromatic nitrogens is 2. The van der Waals surface area contributed by atoms with E-state index in [4.69, 9.17) is 0 Å². The van der Waals surface area contributed by atoms with Gasteiger partial charge in [-0.25, -0.2) is 4.98 Å². The third kappa shape index (κ3) is 2.71. The topological polar surface area (TPSA) is 17.8 Å². The summed E-state index contributed by atoms with van der Waals surface area (Å²) in [6.45, 7) is 6.98. The standard InChI is InChI=1S/C7H14N2SSi/c1-9-6-5-8-7(9)10-11(2,3)4/h5-6H,1-4H3. The summed E-state index contributed by atoms with van der Waals surface area (Å²) in [5.41, 5.74) is 0. The van der Waals surface area contributed by atoms with Crippen molar-refractivity contribution in [2.24, 2.45) is 7.05 Å². The molecule has 11 heavy (non-hydrogen) atoms. The van der Waals surface area contributed by atoms with E-state index >= 15 is 0 Å². The quantitative estimate of drug-likeness (QED) is 0.660. The molecule has 0 bridgehead atoms. The average molecular weight is 186 g/mol. The second-order valence-electron chi connectivity index (χ2n) is 3.54. The van der Waals surface area contributed by atoms with Gasteiger partial charge in [-0.1, -0.05) is 19.6 Å². The van der Waals surface area contributed by atoms with E-state index in [0.29, 0.717) is 0 Å². The Bertz CT molecular complexity index is 239. The van der Waals surface area contributed by atoms with Gasteiger partial charge in [0.25, 0.3) is 0 Å². The largest absolute Gasteiger partial charge is 0.330 e.